The average Bonchev–Trinajstić information content (AvgIpc) is 2.45. The van der Waals surface area contributed by atoms with Crippen LogP contribution in [0.2, 0.25) is 0 Å². The van der Waals surface area contributed by atoms with Gasteiger partial charge in [0.25, 0.3) is 0 Å². The average molecular weight is 264 g/mol. The van der Waals surface area contributed by atoms with Gasteiger partial charge in [-0.25, -0.2) is 0 Å². The molecule has 0 radical (unpaired) electrons. The molecule has 1 aliphatic rings. The van der Waals surface area contributed by atoms with Crippen LogP contribution in [0.15, 0.2) is 24.3 Å². The molecule has 0 spiro atoms. The molecule has 1 aromatic rings. The molecule has 1 heterocycles. The standard InChI is InChI=1S/C15H24N2O2/c1-13(18)6-7-16-12-14-2-4-15(5-3-14)17-8-10-19-11-9-17/h2-5,13,16,18H,6-12H2,1H3. The molecule has 4 nitrogen and oxygen atoms in total. The number of aliphatic hydroxyl groups excluding tert-OH is 1. The molecule has 2 N–H and O–H groups in total. The van der Waals surface area contributed by atoms with Crippen molar-refractivity contribution in [1.82, 2.24) is 5.32 Å². The van der Waals surface area contributed by atoms with E-state index in [2.05, 4.69) is 34.5 Å². The third-order valence-electron chi connectivity index (χ3n) is 3.38. The van der Waals surface area contributed by atoms with Crippen LogP contribution >= 0.6 is 0 Å². The summed E-state index contributed by atoms with van der Waals surface area (Å²) in [4.78, 5) is 2.36. The van der Waals surface area contributed by atoms with E-state index >= 15 is 0 Å². The van der Waals surface area contributed by atoms with Gasteiger partial charge in [-0.05, 0) is 37.6 Å². The normalized spacial score (nSPS) is 17.5. The molecule has 4 heteroatoms. The number of hydrogen-bond acceptors (Lipinski definition) is 4. The quantitative estimate of drug-likeness (QED) is 0.762. The highest BCUT2D eigenvalue weighted by Crippen LogP contribution is 2.16. The minimum Gasteiger partial charge on any atom is -0.393 e. The second-order valence-corrected chi connectivity index (χ2v) is 5.08. The molecule has 1 fully saturated rings. The minimum absolute atomic E-state index is 0.226. The Balaban J connectivity index is 1.77. The summed E-state index contributed by atoms with van der Waals surface area (Å²) in [5.74, 6) is 0. The number of benzene rings is 1. The van der Waals surface area contributed by atoms with E-state index in [-0.39, 0.29) is 6.10 Å². The van der Waals surface area contributed by atoms with E-state index in [4.69, 9.17) is 4.74 Å². The highest BCUT2D eigenvalue weighted by atomic mass is 16.5. The Morgan fingerprint density at radius 1 is 1.26 bits per heavy atom. The fourth-order valence-electron chi connectivity index (χ4n) is 2.19. The first-order valence-electron chi connectivity index (χ1n) is 7.06. The maximum Gasteiger partial charge on any atom is 0.0642 e. The lowest BCUT2D eigenvalue weighted by molar-refractivity contribution is 0.122. The largest absolute Gasteiger partial charge is 0.393 e. The zero-order valence-corrected chi connectivity index (χ0v) is 11.6. The van der Waals surface area contributed by atoms with Gasteiger partial charge in [0.05, 0.1) is 19.3 Å². The van der Waals surface area contributed by atoms with Gasteiger partial charge in [0.1, 0.15) is 0 Å². The molecule has 1 aliphatic heterocycles. The van der Waals surface area contributed by atoms with Crippen LogP contribution in [0.5, 0.6) is 0 Å². The summed E-state index contributed by atoms with van der Waals surface area (Å²) in [7, 11) is 0. The summed E-state index contributed by atoms with van der Waals surface area (Å²) in [6.07, 6.45) is 0.572. The number of hydrogen-bond donors (Lipinski definition) is 2. The molecule has 106 valence electrons. The second-order valence-electron chi connectivity index (χ2n) is 5.08. The van der Waals surface area contributed by atoms with Gasteiger partial charge < -0.3 is 20.1 Å². The molecular formula is C15H24N2O2. The van der Waals surface area contributed by atoms with Crippen LogP contribution in [0.25, 0.3) is 0 Å². The Hall–Kier alpha value is -1.10. The molecule has 1 atom stereocenters. The van der Waals surface area contributed by atoms with E-state index in [0.29, 0.717) is 0 Å². The molecule has 1 saturated heterocycles. The van der Waals surface area contributed by atoms with E-state index in [1.807, 2.05) is 6.92 Å². The van der Waals surface area contributed by atoms with Crippen LogP contribution in [0.1, 0.15) is 18.9 Å². The Morgan fingerprint density at radius 2 is 1.95 bits per heavy atom. The van der Waals surface area contributed by atoms with Crippen molar-refractivity contribution in [3.05, 3.63) is 29.8 Å². The first-order chi connectivity index (χ1) is 9.25. The van der Waals surface area contributed by atoms with Crippen molar-refractivity contribution in [1.29, 1.82) is 0 Å². The highest BCUT2D eigenvalue weighted by molar-refractivity contribution is 5.47. The van der Waals surface area contributed by atoms with Crippen molar-refractivity contribution in [2.45, 2.75) is 26.0 Å². The van der Waals surface area contributed by atoms with Crippen LogP contribution < -0.4 is 10.2 Å². The third-order valence-corrected chi connectivity index (χ3v) is 3.38. The van der Waals surface area contributed by atoms with Crippen LogP contribution in [0, 0.1) is 0 Å². The van der Waals surface area contributed by atoms with Gasteiger partial charge in [0, 0.05) is 25.3 Å². The number of nitrogens with zero attached hydrogens (tertiary/aromatic N) is 1. The number of anilines is 1. The van der Waals surface area contributed by atoms with Crippen LogP contribution in [0.3, 0.4) is 0 Å². The van der Waals surface area contributed by atoms with Crippen molar-refractivity contribution in [3.8, 4) is 0 Å². The van der Waals surface area contributed by atoms with Crippen molar-refractivity contribution in [2.75, 3.05) is 37.7 Å². The maximum atomic E-state index is 9.17. The highest BCUT2D eigenvalue weighted by Gasteiger charge is 2.10. The van der Waals surface area contributed by atoms with Crippen molar-refractivity contribution < 1.29 is 9.84 Å². The van der Waals surface area contributed by atoms with E-state index in [1.54, 1.807) is 0 Å². The van der Waals surface area contributed by atoms with Gasteiger partial charge in [-0.2, -0.15) is 0 Å². The monoisotopic (exact) mass is 264 g/mol. The lowest BCUT2D eigenvalue weighted by Crippen LogP contribution is -2.36. The molecule has 19 heavy (non-hydrogen) atoms. The SMILES string of the molecule is CC(O)CCNCc1ccc(N2CCOCC2)cc1. The summed E-state index contributed by atoms with van der Waals surface area (Å²) in [5, 5.41) is 12.5. The van der Waals surface area contributed by atoms with Gasteiger partial charge in [-0.3, -0.25) is 0 Å². The van der Waals surface area contributed by atoms with Gasteiger partial charge in [-0.15, -0.1) is 0 Å². The predicted molar refractivity (Wildman–Crippen MR) is 77.5 cm³/mol. The topological polar surface area (TPSA) is 44.7 Å². The van der Waals surface area contributed by atoms with E-state index in [1.165, 1.54) is 11.3 Å². The summed E-state index contributed by atoms with van der Waals surface area (Å²) in [6, 6.07) is 8.69. The maximum absolute atomic E-state index is 9.17. The molecular weight excluding hydrogens is 240 g/mol. The third kappa shape index (κ3) is 4.82. The van der Waals surface area contributed by atoms with E-state index in [0.717, 1.165) is 45.8 Å². The zero-order valence-electron chi connectivity index (χ0n) is 11.6. The fraction of sp³-hybridized carbons (Fsp3) is 0.600. The van der Waals surface area contributed by atoms with E-state index in [9.17, 15) is 5.11 Å². The molecule has 1 aromatic carbocycles. The van der Waals surface area contributed by atoms with Crippen molar-refractivity contribution in [3.63, 3.8) is 0 Å². The molecule has 1 unspecified atom stereocenters. The van der Waals surface area contributed by atoms with Crippen LogP contribution in [-0.2, 0) is 11.3 Å². The summed E-state index contributed by atoms with van der Waals surface area (Å²) >= 11 is 0. The zero-order chi connectivity index (χ0) is 13.5. The number of ether oxygens (including phenoxy) is 1. The summed E-state index contributed by atoms with van der Waals surface area (Å²) in [5.41, 5.74) is 2.55. The minimum atomic E-state index is -0.226. The van der Waals surface area contributed by atoms with Crippen molar-refractivity contribution >= 4 is 5.69 Å². The Morgan fingerprint density at radius 3 is 2.58 bits per heavy atom. The second kappa shape index (κ2) is 7.48. The number of rotatable bonds is 6. The Kier molecular flexibility index (Phi) is 5.63. The molecule has 0 saturated carbocycles. The van der Waals surface area contributed by atoms with Crippen molar-refractivity contribution in [2.24, 2.45) is 0 Å². The molecule has 0 aliphatic carbocycles. The van der Waals surface area contributed by atoms with Gasteiger partial charge in [0.2, 0.25) is 0 Å². The molecule has 0 aromatic heterocycles. The molecule has 2 rings (SSSR count). The molecule has 0 bridgehead atoms. The fourth-order valence-corrected chi connectivity index (χ4v) is 2.19. The van der Waals surface area contributed by atoms with Crippen LogP contribution in [0.4, 0.5) is 5.69 Å². The van der Waals surface area contributed by atoms with Crippen LogP contribution in [-0.4, -0.2) is 44.1 Å². The van der Waals surface area contributed by atoms with Gasteiger partial charge in [0.15, 0.2) is 0 Å². The number of aliphatic hydroxyl groups is 1. The van der Waals surface area contributed by atoms with Gasteiger partial charge in [-0.1, -0.05) is 12.1 Å². The van der Waals surface area contributed by atoms with Gasteiger partial charge >= 0.3 is 0 Å². The van der Waals surface area contributed by atoms with E-state index < -0.39 is 0 Å². The first kappa shape index (κ1) is 14.3. The smallest absolute Gasteiger partial charge is 0.0642 e. The summed E-state index contributed by atoms with van der Waals surface area (Å²) in [6.45, 7) is 7.13. The number of morpholine rings is 1. The summed E-state index contributed by atoms with van der Waals surface area (Å²) < 4.78 is 5.36. The predicted octanol–water partition coefficient (Wildman–Crippen LogP) is 1.38. The molecule has 0 amide bonds. The Labute approximate surface area is 115 Å². The Bertz CT molecular complexity index is 359. The number of nitrogens with one attached hydrogen (secondary N) is 1. The lowest BCUT2D eigenvalue weighted by Gasteiger charge is -2.28. The first-order valence-corrected chi connectivity index (χ1v) is 7.06. The lowest BCUT2D eigenvalue weighted by atomic mass is 10.2.